The van der Waals surface area contributed by atoms with Gasteiger partial charge in [0, 0.05) is 23.7 Å². The molecule has 0 unspecified atom stereocenters. The lowest BCUT2D eigenvalue weighted by molar-refractivity contribution is -0.385. The first-order chi connectivity index (χ1) is 11.6. The maximum atomic E-state index is 11.4. The Morgan fingerprint density at radius 2 is 2.00 bits per heavy atom. The Hall–Kier alpha value is -2.90. The monoisotopic (exact) mass is 349 g/mol. The van der Waals surface area contributed by atoms with Crippen LogP contribution < -0.4 is 11.1 Å². The van der Waals surface area contributed by atoms with Gasteiger partial charge >= 0.3 is 6.09 Å². The summed E-state index contributed by atoms with van der Waals surface area (Å²) < 4.78 is 5.09. The number of nitro benzene ring substituents is 1. The summed E-state index contributed by atoms with van der Waals surface area (Å²) in [5.74, 6) is -0.706. The fraction of sp³-hybridized carbons (Fsp3) is 0.412. The third kappa shape index (κ3) is 7.47. The molecular weight excluding hydrogens is 326 g/mol. The molecule has 8 nitrogen and oxygen atoms in total. The third-order valence-corrected chi connectivity index (χ3v) is 3.08. The number of nitrogens with two attached hydrogens (primary N) is 1. The molecule has 136 valence electrons. The van der Waals surface area contributed by atoms with E-state index in [1.54, 1.807) is 26.8 Å². The second-order valence-electron chi connectivity index (χ2n) is 6.36. The smallest absolute Gasteiger partial charge is 0.407 e. The van der Waals surface area contributed by atoms with Crippen LogP contribution in [0.2, 0.25) is 0 Å². The maximum absolute atomic E-state index is 11.4. The lowest BCUT2D eigenvalue weighted by Crippen LogP contribution is -2.32. The summed E-state index contributed by atoms with van der Waals surface area (Å²) >= 11 is 0. The first-order valence-electron chi connectivity index (χ1n) is 7.79. The van der Waals surface area contributed by atoms with E-state index in [0.717, 1.165) is 0 Å². The molecule has 1 aromatic rings. The van der Waals surface area contributed by atoms with E-state index in [-0.39, 0.29) is 11.3 Å². The predicted octanol–water partition coefficient (Wildman–Crippen LogP) is 2.71. The molecule has 0 saturated heterocycles. The summed E-state index contributed by atoms with van der Waals surface area (Å²) in [5, 5.41) is 13.7. The van der Waals surface area contributed by atoms with Crippen LogP contribution in [0.3, 0.4) is 0 Å². The Morgan fingerprint density at radius 3 is 2.56 bits per heavy atom. The highest BCUT2D eigenvalue weighted by Gasteiger charge is 2.16. The molecule has 8 heteroatoms. The molecule has 1 aromatic carbocycles. The van der Waals surface area contributed by atoms with Crippen LogP contribution in [-0.4, -0.2) is 29.1 Å². The fourth-order valence-corrected chi connectivity index (χ4v) is 1.99. The number of hydrogen-bond donors (Lipinski definition) is 2. The van der Waals surface area contributed by atoms with Gasteiger partial charge in [-0.25, -0.2) is 4.79 Å². The van der Waals surface area contributed by atoms with Crippen LogP contribution in [0.5, 0.6) is 0 Å². The number of alkyl carbamates (subject to hydrolysis) is 1. The molecule has 2 amide bonds. The van der Waals surface area contributed by atoms with E-state index < -0.39 is 22.5 Å². The van der Waals surface area contributed by atoms with Gasteiger partial charge in [0.15, 0.2) is 0 Å². The number of amides is 2. The van der Waals surface area contributed by atoms with Crippen molar-refractivity contribution in [3.05, 3.63) is 51.6 Å². The summed E-state index contributed by atoms with van der Waals surface area (Å²) in [6.45, 7) is 5.63. The zero-order chi connectivity index (χ0) is 19.0. The van der Waals surface area contributed by atoms with E-state index in [1.807, 2.05) is 6.08 Å². The van der Waals surface area contributed by atoms with E-state index in [0.29, 0.717) is 24.9 Å². The zero-order valence-electron chi connectivity index (χ0n) is 14.6. The molecule has 0 bridgehead atoms. The Kier molecular flexibility index (Phi) is 7.10. The standard InChI is InChI=1S/C17H23N3O5/c1-17(2,3)25-16(22)19-10-6-4-5-7-12-8-9-13(15(18)21)11-14(12)20(23)24/h4,6,8-9,11H,5,7,10H2,1-3H3,(H2,18,21)(H,19,22)/b6-4+. The SMILES string of the molecule is CC(C)(C)OC(=O)NC/C=C/CCc1ccc(C(N)=O)cc1[N+](=O)[O-]. The number of primary amides is 1. The Labute approximate surface area is 146 Å². The van der Waals surface area contributed by atoms with Crippen molar-refractivity contribution in [1.29, 1.82) is 0 Å². The average molecular weight is 349 g/mol. The molecule has 0 aliphatic carbocycles. The van der Waals surface area contributed by atoms with Gasteiger partial charge in [0.1, 0.15) is 5.60 Å². The number of carbonyl (C=O) groups excluding carboxylic acids is 2. The molecule has 25 heavy (non-hydrogen) atoms. The van der Waals surface area contributed by atoms with Gasteiger partial charge in [-0.3, -0.25) is 14.9 Å². The second-order valence-corrected chi connectivity index (χ2v) is 6.36. The van der Waals surface area contributed by atoms with E-state index in [2.05, 4.69) is 5.32 Å². The van der Waals surface area contributed by atoms with E-state index in [9.17, 15) is 19.7 Å². The first kappa shape index (κ1) is 20.1. The zero-order valence-corrected chi connectivity index (χ0v) is 14.6. The van der Waals surface area contributed by atoms with Gasteiger partial charge in [-0.15, -0.1) is 0 Å². The number of nitrogens with zero attached hydrogens (tertiary/aromatic N) is 1. The van der Waals surface area contributed by atoms with Gasteiger partial charge in [0.25, 0.3) is 5.69 Å². The van der Waals surface area contributed by atoms with Crippen molar-refractivity contribution in [1.82, 2.24) is 5.32 Å². The summed E-state index contributed by atoms with van der Waals surface area (Å²) in [6.07, 6.45) is 4.02. The molecule has 0 aliphatic heterocycles. The molecule has 0 fully saturated rings. The molecule has 0 aliphatic rings. The lowest BCUT2D eigenvalue weighted by atomic mass is 10.0. The van der Waals surface area contributed by atoms with Gasteiger partial charge < -0.3 is 15.8 Å². The number of ether oxygens (including phenoxy) is 1. The molecule has 3 N–H and O–H groups in total. The minimum atomic E-state index is -0.706. The number of nitrogens with one attached hydrogen (secondary N) is 1. The number of benzene rings is 1. The van der Waals surface area contributed by atoms with Crippen LogP contribution in [0.25, 0.3) is 0 Å². The highest BCUT2D eigenvalue weighted by Crippen LogP contribution is 2.21. The maximum Gasteiger partial charge on any atom is 0.407 e. The summed E-state index contributed by atoms with van der Waals surface area (Å²) in [5.41, 5.74) is 5.07. The molecule has 0 spiro atoms. The molecule has 0 heterocycles. The highest BCUT2D eigenvalue weighted by atomic mass is 16.6. The quantitative estimate of drug-likeness (QED) is 0.445. The normalized spacial score (nSPS) is 11.3. The van der Waals surface area contributed by atoms with Crippen molar-refractivity contribution < 1.29 is 19.2 Å². The summed E-state index contributed by atoms with van der Waals surface area (Å²) in [7, 11) is 0. The lowest BCUT2D eigenvalue weighted by Gasteiger charge is -2.19. The minimum Gasteiger partial charge on any atom is -0.444 e. The molecular formula is C17H23N3O5. The van der Waals surface area contributed by atoms with Crippen molar-refractivity contribution >= 4 is 17.7 Å². The van der Waals surface area contributed by atoms with Crippen molar-refractivity contribution in [2.24, 2.45) is 5.73 Å². The second kappa shape index (κ2) is 8.81. The summed E-state index contributed by atoms with van der Waals surface area (Å²) in [6, 6.07) is 4.19. The van der Waals surface area contributed by atoms with Gasteiger partial charge in [-0.05, 0) is 39.7 Å². The van der Waals surface area contributed by atoms with Crippen LogP contribution in [0.4, 0.5) is 10.5 Å². The van der Waals surface area contributed by atoms with Gasteiger partial charge in [-0.1, -0.05) is 18.2 Å². The van der Waals surface area contributed by atoms with Crippen molar-refractivity contribution in [3.8, 4) is 0 Å². The molecule has 0 aromatic heterocycles. The number of rotatable bonds is 7. The highest BCUT2D eigenvalue weighted by molar-refractivity contribution is 5.93. The van der Waals surface area contributed by atoms with Crippen LogP contribution in [0, 0.1) is 10.1 Å². The van der Waals surface area contributed by atoms with Crippen LogP contribution in [-0.2, 0) is 11.2 Å². The topological polar surface area (TPSA) is 125 Å². The molecule has 0 atom stereocenters. The fourth-order valence-electron chi connectivity index (χ4n) is 1.99. The van der Waals surface area contributed by atoms with Gasteiger partial charge in [0.05, 0.1) is 4.92 Å². The number of aryl methyl sites for hydroxylation is 1. The predicted molar refractivity (Wildman–Crippen MR) is 93.3 cm³/mol. The van der Waals surface area contributed by atoms with Crippen LogP contribution >= 0.6 is 0 Å². The molecule has 1 rings (SSSR count). The van der Waals surface area contributed by atoms with Crippen LogP contribution in [0.15, 0.2) is 30.4 Å². The van der Waals surface area contributed by atoms with Crippen molar-refractivity contribution in [2.45, 2.75) is 39.2 Å². The minimum absolute atomic E-state index is 0.104. The molecule has 0 radical (unpaired) electrons. The Bertz CT molecular complexity index is 677. The number of nitro groups is 1. The van der Waals surface area contributed by atoms with Crippen molar-refractivity contribution in [3.63, 3.8) is 0 Å². The average Bonchev–Trinajstić information content (AvgIpc) is 2.48. The van der Waals surface area contributed by atoms with E-state index in [4.69, 9.17) is 10.5 Å². The Morgan fingerprint density at radius 1 is 1.32 bits per heavy atom. The largest absolute Gasteiger partial charge is 0.444 e. The third-order valence-electron chi connectivity index (χ3n) is 3.08. The first-order valence-corrected chi connectivity index (χ1v) is 7.79. The number of allylic oxidation sites excluding steroid dienone is 1. The number of carbonyl (C=O) groups is 2. The molecule has 0 saturated carbocycles. The Balaban J connectivity index is 2.52. The summed E-state index contributed by atoms with van der Waals surface area (Å²) in [4.78, 5) is 33.1. The van der Waals surface area contributed by atoms with Crippen LogP contribution in [0.1, 0.15) is 43.1 Å². The van der Waals surface area contributed by atoms with Crippen molar-refractivity contribution in [2.75, 3.05) is 6.54 Å². The van der Waals surface area contributed by atoms with E-state index in [1.165, 1.54) is 18.2 Å². The van der Waals surface area contributed by atoms with E-state index >= 15 is 0 Å². The van der Waals surface area contributed by atoms with Gasteiger partial charge in [0.2, 0.25) is 5.91 Å². The van der Waals surface area contributed by atoms with Gasteiger partial charge in [-0.2, -0.15) is 0 Å². The number of hydrogen-bond acceptors (Lipinski definition) is 5.